The molecule has 170 valence electrons. The van der Waals surface area contributed by atoms with Crippen LogP contribution in [0.25, 0.3) is 27.8 Å². The molecule has 0 atom stereocenters. The second-order valence-electron chi connectivity index (χ2n) is 8.86. The summed E-state index contributed by atoms with van der Waals surface area (Å²) >= 11 is 0. The Bertz CT molecular complexity index is 1630. The van der Waals surface area contributed by atoms with Crippen molar-refractivity contribution in [2.24, 2.45) is 0 Å². The van der Waals surface area contributed by atoms with Gasteiger partial charge < -0.3 is 0 Å². The molecule has 0 fully saturated rings. The second-order valence-corrected chi connectivity index (χ2v) is 8.86. The highest BCUT2D eigenvalue weighted by Gasteiger charge is 2.24. The van der Waals surface area contributed by atoms with E-state index in [9.17, 15) is 9.59 Å². The molecular formula is C34H22O2. The number of hydrogen-bond donors (Lipinski definition) is 0. The third-order valence-corrected chi connectivity index (χ3v) is 6.69. The first kappa shape index (κ1) is 21.7. The minimum atomic E-state index is 0.0187. The van der Waals surface area contributed by atoms with Crippen molar-refractivity contribution in [3.05, 3.63) is 161 Å². The third kappa shape index (κ3) is 3.89. The molecule has 2 heteroatoms. The smallest absolute Gasteiger partial charge is 0.194 e. The van der Waals surface area contributed by atoms with Gasteiger partial charge in [0, 0.05) is 16.7 Å². The summed E-state index contributed by atoms with van der Waals surface area (Å²) in [6.07, 6.45) is 9.50. The maximum atomic E-state index is 13.5. The van der Waals surface area contributed by atoms with Gasteiger partial charge in [0.05, 0.1) is 0 Å². The summed E-state index contributed by atoms with van der Waals surface area (Å²) in [6.45, 7) is 0. The highest BCUT2D eigenvalue weighted by Crippen LogP contribution is 2.35. The van der Waals surface area contributed by atoms with E-state index >= 15 is 0 Å². The molecule has 0 amide bonds. The predicted molar refractivity (Wildman–Crippen MR) is 146 cm³/mol. The molecule has 6 rings (SSSR count). The Morgan fingerprint density at radius 3 is 1.69 bits per heavy atom. The van der Waals surface area contributed by atoms with E-state index in [0.29, 0.717) is 16.7 Å². The van der Waals surface area contributed by atoms with Crippen LogP contribution >= 0.6 is 0 Å². The van der Waals surface area contributed by atoms with Crippen LogP contribution in [0.5, 0.6) is 0 Å². The highest BCUT2D eigenvalue weighted by molar-refractivity contribution is 6.33. The van der Waals surface area contributed by atoms with Crippen LogP contribution in [0.2, 0.25) is 0 Å². The van der Waals surface area contributed by atoms with Gasteiger partial charge in [0.1, 0.15) is 0 Å². The molecule has 2 nitrogen and oxygen atoms in total. The van der Waals surface area contributed by atoms with E-state index in [2.05, 4.69) is 24.3 Å². The molecule has 0 saturated heterocycles. The van der Waals surface area contributed by atoms with Gasteiger partial charge in [-0.3, -0.25) is 9.59 Å². The van der Waals surface area contributed by atoms with Gasteiger partial charge in [0.15, 0.2) is 11.6 Å². The fraction of sp³-hybridized carbons (Fsp3) is 0. The second kappa shape index (κ2) is 9.09. The van der Waals surface area contributed by atoms with Crippen LogP contribution in [0.15, 0.2) is 134 Å². The number of allylic oxidation sites excluding steroid dienone is 8. The summed E-state index contributed by atoms with van der Waals surface area (Å²) in [5.74, 6) is 0.0431. The molecule has 0 heterocycles. The van der Waals surface area contributed by atoms with Crippen molar-refractivity contribution in [3.8, 4) is 11.1 Å². The van der Waals surface area contributed by atoms with Gasteiger partial charge in [0.2, 0.25) is 0 Å². The Hall–Kier alpha value is -4.82. The number of carbonyl (C=O) groups is 2. The number of carbonyl (C=O) groups excluding carboxylic acids is 2. The third-order valence-electron chi connectivity index (χ3n) is 6.69. The highest BCUT2D eigenvalue weighted by atomic mass is 16.1. The lowest BCUT2D eigenvalue weighted by Gasteiger charge is -2.19. The zero-order chi connectivity index (χ0) is 24.5. The lowest BCUT2D eigenvalue weighted by atomic mass is 9.83. The number of benzene rings is 4. The molecule has 0 spiro atoms. The molecule has 2 aliphatic carbocycles. The van der Waals surface area contributed by atoms with E-state index in [1.54, 1.807) is 6.08 Å². The Balaban J connectivity index is 1.43. The van der Waals surface area contributed by atoms with E-state index in [4.69, 9.17) is 0 Å². The zero-order valence-corrected chi connectivity index (χ0v) is 19.5. The van der Waals surface area contributed by atoms with Crippen LogP contribution in [-0.4, -0.2) is 11.6 Å². The van der Waals surface area contributed by atoms with Crippen molar-refractivity contribution in [1.82, 2.24) is 0 Å². The molecule has 0 aliphatic heterocycles. The molecule has 2 aliphatic rings. The van der Waals surface area contributed by atoms with Crippen LogP contribution in [-0.2, 0) is 0 Å². The Morgan fingerprint density at radius 2 is 0.972 bits per heavy atom. The molecular weight excluding hydrogens is 440 g/mol. The topological polar surface area (TPSA) is 34.1 Å². The SMILES string of the molecule is O=C1C=CC(=CC=C2C=C(c3ccc(-c4ccccc4)cc3)C(=O)c3ccccc32)c2ccccc21. The lowest BCUT2D eigenvalue weighted by Crippen LogP contribution is -2.11. The molecule has 0 radical (unpaired) electrons. The summed E-state index contributed by atoms with van der Waals surface area (Å²) in [4.78, 5) is 25.7. The number of Topliss-reactive ketones (excluding diaryl/α,β-unsaturated/α-hetero) is 1. The number of ketones is 2. The van der Waals surface area contributed by atoms with Crippen LogP contribution in [0.1, 0.15) is 37.4 Å². The molecule has 0 aromatic heterocycles. The van der Waals surface area contributed by atoms with Crippen LogP contribution < -0.4 is 0 Å². The molecule has 0 bridgehead atoms. The normalized spacial score (nSPS) is 16.6. The van der Waals surface area contributed by atoms with Crippen LogP contribution in [0.3, 0.4) is 0 Å². The molecule has 36 heavy (non-hydrogen) atoms. The van der Waals surface area contributed by atoms with Crippen molar-refractivity contribution in [1.29, 1.82) is 0 Å². The summed E-state index contributed by atoms with van der Waals surface area (Å²) in [6, 6.07) is 33.7. The maximum absolute atomic E-state index is 13.5. The van der Waals surface area contributed by atoms with E-state index in [1.807, 2.05) is 103 Å². The summed E-state index contributed by atoms with van der Waals surface area (Å²) in [7, 11) is 0. The average Bonchev–Trinajstić information content (AvgIpc) is 2.94. The minimum Gasteiger partial charge on any atom is -0.289 e. The molecule has 0 unspecified atom stereocenters. The van der Waals surface area contributed by atoms with Crippen molar-refractivity contribution < 1.29 is 9.59 Å². The Kier molecular flexibility index (Phi) is 5.48. The first-order valence-electron chi connectivity index (χ1n) is 11.9. The van der Waals surface area contributed by atoms with E-state index in [-0.39, 0.29) is 11.6 Å². The zero-order valence-electron chi connectivity index (χ0n) is 19.5. The van der Waals surface area contributed by atoms with Gasteiger partial charge in [-0.1, -0.05) is 121 Å². The fourth-order valence-corrected chi connectivity index (χ4v) is 4.82. The monoisotopic (exact) mass is 462 g/mol. The van der Waals surface area contributed by atoms with E-state index < -0.39 is 0 Å². The first-order valence-corrected chi connectivity index (χ1v) is 11.9. The molecule has 4 aromatic carbocycles. The minimum absolute atomic E-state index is 0.0187. The summed E-state index contributed by atoms with van der Waals surface area (Å²) < 4.78 is 0. The van der Waals surface area contributed by atoms with Gasteiger partial charge >= 0.3 is 0 Å². The largest absolute Gasteiger partial charge is 0.289 e. The standard InChI is InChI=1S/C34H22O2/c35-33-21-20-25(28-10-4-6-12-30(28)33)18-19-27-22-32(34(36)31-13-7-5-11-29(27)31)26-16-14-24(15-17-26)23-8-2-1-3-9-23/h1-22H. The van der Waals surface area contributed by atoms with Crippen molar-refractivity contribution in [2.75, 3.05) is 0 Å². The Morgan fingerprint density at radius 1 is 0.444 bits per heavy atom. The predicted octanol–water partition coefficient (Wildman–Crippen LogP) is 7.85. The van der Waals surface area contributed by atoms with Gasteiger partial charge in [-0.15, -0.1) is 0 Å². The summed E-state index contributed by atoms with van der Waals surface area (Å²) in [5, 5.41) is 0. The van der Waals surface area contributed by atoms with Crippen molar-refractivity contribution in [3.63, 3.8) is 0 Å². The van der Waals surface area contributed by atoms with Gasteiger partial charge in [-0.2, -0.15) is 0 Å². The quantitative estimate of drug-likeness (QED) is 0.311. The van der Waals surface area contributed by atoms with Crippen molar-refractivity contribution >= 4 is 28.3 Å². The maximum Gasteiger partial charge on any atom is 0.194 e. The van der Waals surface area contributed by atoms with Crippen LogP contribution in [0.4, 0.5) is 0 Å². The molecule has 0 saturated carbocycles. The number of hydrogen-bond acceptors (Lipinski definition) is 2. The van der Waals surface area contributed by atoms with E-state index in [1.165, 1.54) is 0 Å². The van der Waals surface area contributed by atoms with Gasteiger partial charge in [0.25, 0.3) is 0 Å². The lowest BCUT2D eigenvalue weighted by molar-refractivity contribution is 0.104. The Labute approximate surface area is 210 Å². The molecule has 4 aromatic rings. The fourth-order valence-electron chi connectivity index (χ4n) is 4.82. The van der Waals surface area contributed by atoms with Crippen molar-refractivity contribution in [2.45, 2.75) is 0 Å². The van der Waals surface area contributed by atoms with E-state index in [0.717, 1.165) is 39.0 Å². The molecule has 0 N–H and O–H groups in total. The first-order chi connectivity index (χ1) is 17.7. The number of fused-ring (bicyclic) bond motifs is 2. The van der Waals surface area contributed by atoms with Crippen LogP contribution in [0, 0.1) is 0 Å². The number of rotatable bonds is 3. The summed E-state index contributed by atoms with van der Waals surface area (Å²) in [5.41, 5.74) is 8.98. The van der Waals surface area contributed by atoms with Gasteiger partial charge in [-0.25, -0.2) is 0 Å². The average molecular weight is 463 g/mol. The van der Waals surface area contributed by atoms with Gasteiger partial charge in [-0.05, 0) is 51.1 Å².